The normalized spacial score (nSPS) is 13.4. The minimum atomic E-state index is 0.0163. The van der Waals surface area contributed by atoms with Gasteiger partial charge in [-0.15, -0.1) is 0 Å². The Labute approximate surface area is 157 Å². The first-order chi connectivity index (χ1) is 12.2. The molecule has 2 aromatic rings. The van der Waals surface area contributed by atoms with Crippen molar-refractivity contribution < 1.29 is 9.47 Å². The second-order valence-corrected chi connectivity index (χ2v) is 7.45. The summed E-state index contributed by atoms with van der Waals surface area (Å²) in [5.74, 6) is 1.85. The van der Waals surface area contributed by atoms with Gasteiger partial charge in [0.05, 0.1) is 0 Å². The molecular weight excluding hydrogens is 324 g/mol. The molecule has 2 rings (SSSR count). The van der Waals surface area contributed by atoms with E-state index in [0.717, 1.165) is 33.8 Å². The van der Waals surface area contributed by atoms with Crippen LogP contribution >= 0.6 is 0 Å². The monoisotopic (exact) mass is 356 g/mol. The summed E-state index contributed by atoms with van der Waals surface area (Å²) in [7, 11) is 0. The Morgan fingerprint density at radius 3 is 1.15 bits per heavy atom. The van der Waals surface area contributed by atoms with Gasteiger partial charge in [-0.2, -0.15) is 0 Å². The summed E-state index contributed by atoms with van der Waals surface area (Å²) >= 11 is 0. The molecule has 0 saturated carbocycles. The molecule has 4 heteroatoms. The minimum absolute atomic E-state index is 0.0163. The van der Waals surface area contributed by atoms with Gasteiger partial charge in [0, 0.05) is 12.1 Å². The van der Waals surface area contributed by atoms with Gasteiger partial charge < -0.3 is 20.9 Å². The van der Waals surface area contributed by atoms with E-state index in [0.29, 0.717) is 13.2 Å². The lowest BCUT2D eigenvalue weighted by molar-refractivity contribution is 0.292. The summed E-state index contributed by atoms with van der Waals surface area (Å²) < 4.78 is 11.8. The van der Waals surface area contributed by atoms with Gasteiger partial charge in [-0.1, -0.05) is 0 Å². The topological polar surface area (TPSA) is 70.5 Å². The lowest BCUT2D eigenvalue weighted by Crippen LogP contribution is -2.24. The standard InChI is InChI=1S/C22H32N2O2/c1-13-7-19(8-14(2)21(13)25-11-17(5)23)20-9-15(3)22(16(4)10-20)26-12-18(6)24/h7-10,17-18H,11-12,23-24H2,1-6H3/t17-,18-/m1/s1. The number of rotatable bonds is 7. The van der Waals surface area contributed by atoms with Crippen molar-refractivity contribution in [2.75, 3.05) is 13.2 Å². The zero-order valence-corrected chi connectivity index (χ0v) is 16.8. The molecule has 4 N–H and O–H groups in total. The Balaban J connectivity index is 2.34. The molecule has 0 saturated heterocycles. The van der Waals surface area contributed by atoms with Gasteiger partial charge in [0.1, 0.15) is 24.7 Å². The molecule has 0 aromatic heterocycles. The van der Waals surface area contributed by atoms with Crippen LogP contribution in [0.3, 0.4) is 0 Å². The molecule has 142 valence electrons. The van der Waals surface area contributed by atoms with E-state index >= 15 is 0 Å². The van der Waals surface area contributed by atoms with Crippen molar-refractivity contribution in [2.24, 2.45) is 11.5 Å². The van der Waals surface area contributed by atoms with E-state index < -0.39 is 0 Å². The van der Waals surface area contributed by atoms with Crippen LogP contribution in [0, 0.1) is 27.7 Å². The first kappa shape index (κ1) is 20.3. The minimum Gasteiger partial charge on any atom is -0.491 e. The molecule has 0 aliphatic carbocycles. The van der Waals surface area contributed by atoms with Gasteiger partial charge in [0.2, 0.25) is 0 Å². The number of hydrogen-bond donors (Lipinski definition) is 2. The van der Waals surface area contributed by atoms with Gasteiger partial charge in [-0.05, 0) is 99.2 Å². The number of benzene rings is 2. The Hall–Kier alpha value is -2.04. The fourth-order valence-electron chi connectivity index (χ4n) is 3.12. The third-order valence-electron chi connectivity index (χ3n) is 4.24. The zero-order valence-electron chi connectivity index (χ0n) is 16.8. The third-order valence-corrected chi connectivity index (χ3v) is 4.24. The summed E-state index contributed by atoms with van der Waals surface area (Å²) in [5.41, 5.74) is 18.4. The Kier molecular flexibility index (Phi) is 6.68. The van der Waals surface area contributed by atoms with Crippen molar-refractivity contribution in [1.29, 1.82) is 0 Å². The summed E-state index contributed by atoms with van der Waals surface area (Å²) in [6, 6.07) is 8.70. The van der Waals surface area contributed by atoms with Gasteiger partial charge in [-0.3, -0.25) is 0 Å². The van der Waals surface area contributed by atoms with Crippen molar-refractivity contribution in [3.05, 3.63) is 46.5 Å². The van der Waals surface area contributed by atoms with Crippen molar-refractivity contribution in [2.45, 2.75) is 53.6 Å². The Morgan fingerprint density at radius 2 is 0.923 bits per heavy atom. The fraction of sp³-hybridized carbons (Fsp3) is 0.455. The molecule has 0 fully saturated rings. The molecule has 4 nitrogen and oxygen atoms in total. The van der Waals surface area contributed by atoms with Crippen LogP contribution in [-0.2, 0) is 0 Å². The van der Waals surface area contributed by atoms with Crippen molar-refractivity contribution >= 4 is 0 Å². The summed E-state index contributed by atoms with van der Waals surface area (Å²) in [5, 5.41) is 0. The maximum Gasteiger partial charge on any atom is 0.125 e. The van der Waals surface area contributed by atoms with Gasteiger partial charge in [0.25, 0.3) is 0 Å². The zero-order chi connectivity index (χ0) is 19.4. The van der Waals surface area contributed by atoms with Crippen LogP contribution in [0.5, 0.6) is 11.5 Å². The lowest BCUT2D eigenvalue weighted by Gasteiger charge is -2.18. The summed E-state index contributed by atoms with van der Waals surface area (Å²) in [6.45, 7) is 13.2. The highest BCUT2D eigenvalue weighted by molar-refractivity contribution is 5.70. The average molecular weight is 357 g/mol. The average Bonchev–Trinajstić information content (AvgIpc) is 2.52. The molecule has 0 heterocycles. The van der Waals surface area contributed by atoms with Crippen LogP contribution in [-0.4, -0.2) is 25.3 Å². The Bertz CT molecular complexity index is 655. The van der Waals surface area contributed by atoms with Crippen molar-refractivity contribution in [3.8, 4) is 22.6 Å². The van der Waals surface area contributed by atoms with E-state index in [2.05, 4.69) is 52.0 Å². The smallest absolute Gasteiger partial charge is 0.125 e. The molecule has 0 spiro atoms. The molecule has 2 aromatic carbocycles. The first-order valence-corrected chi connectivity index (χ1v) is 9.18. The highest BCUT2D eigenvalue weighted by atomic mass is 16.5. The number of hydrogen-bond acceptors (Lipinski definition) is 4. The van der Waals surface area contributed by atoms with Gasteiger partial charge in [0.15, 0.2) is 0 Å². The first-order valence-electron chi connectivity index (χ1n) is 9.18. The van der Waals surface area contributed by atoms with E-state index in [-0.39, 0.29) is 12.1 Å². The van der Waals surface area contributed by atoms with Crippen LogP contribution in [0.4, 0.5) is 0 Å². The number of nitrogens with two attached hydrogens (primary N) is 2. The van der Waals surface area contributed by atoms with E-state index in [4.69, 9.17) is 20.9 Å². The molecule has 26 heavy (non-hydrogen) atoms. The third kappa shape index (κ3) is 4.99. The van der Waals surface area contributed by atoms with Crippen molar-refractivity contribution in [1.82, 2.24) is 0 Å². The molecule has 0 aliphatic heterocycles. The maximum absolute atomic E-state index is 5.88. The second-order valence-electron chi connectivity index (χ2n) is 7.45. The maximum atomic E-state index is 5.88. The molecule has 0 aliphatic rings. The van der Waals surface area contributed by atoms with Gasteiger partial charge in [-0.25, -0.2) is 0 Å². The fourth-order valence-corrected chi connectivity index (χ4v) is 3.12. The SMILES string of the molecule is Cc1cc(-c2cc(C)c(OC[C@@H](C)N)c(C)c2)cc(C)c1OC[C@@H](C)N. The molecular formula is C22H32N2O2. The molecule has 0 radical (unpaired) electrons. The van der Waals surface area contributed by atoms with E-state index in [1.54, 1.807) is 0 Å². The van der Waals surface area contributed by atoms with Crippen LogP contribution in [0.1, 0.15) is 36.1 Å². The predicted octanol–water partition coefficient (Wildman–Crippen LogP) is 4.04. The second kappa shape index (κ2) is 8.56. The van der Waals surface area contributed by atoms with E-state index in [9.17, 15) is 0 Å². The highest BCUT2D eigenvalue weighted by Crippen LogP contribution is 2.34. The largest absolute Gasteiger partial charge is 0.491 e. The van der Waals surface area contributed by atoms with E-state index in [1.807, 2.05) is 13.8 Å². The van der Waals surface area contributed by atoms with Crippen molar-refractivity contribution in [3.63, 3.8) is 0 Å². The summed E-state index contributed by atoms with van der Waals surface area (Å²) in [6.07, 6.45) is 0. The van der Waals surface area contributed by atoms with Crippen LogP contribution < -0.4 is 20.9 Å². The number of ether oxygens (including phenoxy) is 2. The lowest BCUT2D eigenvalue weighted by atomic mass is 9.96. The van der Waals surface area contributed by atoms with E-state index in [1.165, 1.54) is 11.1 Å². The molecule has 2 atom stereocenters. The van der Waals surface area contributed by atoms with Crippen LogP contribution in [0.25, 0.3) is 11.1 Å². The summed E-state index contributed by atoms with van der Waals surface area (Å²) in [4.78, 5) is 0. The number of aryl methyl sites for hydroxylation is 4. The van der Waals surface area contributed by atoms with Gasteiger partial charge >= 0.3 is 0 Å². The predicted molar refractivity (Wildman–Crippen MR) is 109 cm³/mol. The quantitative estimate of drug-likeness (QED) is 0.785. The molecule has 0 unspecified atom stereocenters. The molecule has 0 amide bonds. The van der Waals surface area contributed by atoms with Crippen LogP contribution in [0.15, 0.2) is 24.3 Å². The highest BCUT2D eigenvalue weighted by Gasteiger charge is 2.12. The Morgan fingerprint density at radius 1 is 0.654 bits per heavy atom. The molecule has 0 bridgehead atoms. The van der Waals surface area contributed by atoms with Crippen LogP contribution in [0.2, 0.25) is 0 Å².